The lowest BCUT2D eigenvalue weighted by Gasteiger charge is -1.88. The summed E-state index contributed by atoms with van der Waals surface area (Å²) in [6, 6.07) is 1.69. The quantitative estimate of drug-likeness (QED) is 0.417. The van der Waals surface area contributed by atoms with E-state index < -0.39 is 0 Å². The molecule has 0 radical (unpaired) electrons. The summed E-state index contributed by atoms with van der Waals surface area (Å²) in [4.78, 5) is 10.4. The van der Waals surface area contributed by atoms with Crippen molar-refractivity contribution in [3.05, 3.63) is 0 Å². The van der Waals surface area contributed by atoms with Gasteiger partial charge in [-0.3, -0.25) is 4.79 Å². The molecular formula is C5H7N3O. The molecule has 9 heavy (non-hydrogen) atoms. The zero-order valence-corrected chi connectivity index (χ0v) is 5.09. The van der Waals surface area contributed by atoms with E-state index in [1.807, 2.05) is 0 Å². The molecule has 4 nitrogen and oxygen atoms in total. The molecule has 0 aromatic rings. The van der Waals surface area contributed by atoms with Gasteiger partial charge < -0.3 is 0 Å². The van der Waals surface area contributed by atoms with Crippen LogP contribution in [0.4, 0.5) is 0 Å². The smallest absolute Gasteiger partial charge is 0.254 e. The summed E-state index contributed by atoms with van der Waals surface area (Å²) in [5.41, 5.74) is 2.14. The molecule has 0 saturated carbocycles. The van der Waals surface area contributed by atoms with Crippen LogP contribution in [-0.4, -0.2) is 12.1 Å². The second-order valence-corrected chi connectivity index (χ2v) is 1.26. The fraction of sp³-hybridized carbons (Fsp3) is 0.400. The Hall–Kier alpha value is -1.37. The zero-order chi connectivity index (χ0) is 7.11. The zero-order valence-electron chi connectivity index (χ0n) is 5.09. The molecule has 1 amide bonds. The number of nitrogens with zero attached hydrogens (tertiary/aromatic N) is 2. The van der Waals surface area contributed by atoms with Crippen molar-refractivity contribution in [3.63, 3.8) is 0 Å². The standard InChI is InChI=1S/C5H7N3O/c1-2-7-8-5(9)3-4-6/h2H,3H2,1H3,(H,8,9)/b7-2+. The molecule has 4 heteroatoms. The second kappa shape index (κ2) is 4.78. The third-order valence-corrected chi connectivity index (χ3v) is 0.558. The van der Waals surface area contributed by atoms with Crippen molar-refractivity contribution in [2.45, 2.75) is 13.3 Å². The van der Waals surface area contributed by atoms with Gasteiger partial charge in [-0.25, -0.2) is 5.43 Å². The van der Waals surface area contributed by atoms with E-state index in [9.17, 15) is 4.79 Å². The first-order valence-corrected chi connectivity index (χ1v) is 2.44. The third-order valence-electron chi connectivity index (χ3n) is 0.558. The average Bonchev–Trinajstić information content (AvgIpc) is 1.85. The van der Waals surface area contributed by atoms with Crippen molar-refractivity contribution in [1.29, 1.82) is 5.26 Å². The third kappa shape index (κ3) is 4.48. The van der Waals surface area contributed by atoms with E-state index in [1.54, 1.807) is 13.0 Å². The van der Waals surface area contributed by atoms with Crippen LogP contribution in [-0.2, 0) is 4.79 Å². The predicted molar refractivity (Wildman–Crippen MR) is 32.5 cm³/mol. The molecule has 0 aliphatic carbocycles. The Balaban J connectivity index is 3.42. The van der Waals surface area contributed by atoms with Crippen molar-refractivity contribution in [1.82, 2.24) is 5.43 Å². The molecule has 1 N–H and O–H groups in total. The monoisotopic (exact) mass is 125 g/mol. The van der Waals surface area contributed by atoms with Crippen LogP contribution in [0.25, 0.3) is 0 Å². The van der Waals surface area contributed by atoms with E-state index in [-0.39, 0.29) is 12.3 Å². The van der Waals surface area contributed by atoms with Crippen LogP contribution in [0.2, 0.25) is 0 Å². The minimum absolute atomic E-state index is 0.142. The number of hydrazone groups is 1. The highest BCUT2D eigenvalue weighted by Crippen LogP contribution is 1.72. The minimum Gasteiger partial charge on any atom is -0.272 e. The summed E-state index contributed by atoms with van der Waals surface area (Å²) in [5, 5.41) is 11.4. The van der Waals surface area contributed by atoms with Crippen LogP contribution >= 0.6 is 0 Å². The van der Waals surface area contributed by atoms with Crippen LogP contribution < -0.4 is 5.43 Å². The lowest BCUT2D eigenvalue weighted by atomic mass is 10.5. The van der Waals surface area contributed by atoms with Crippen molar-refractivity contribution in [2.75, 3.05) is 0 Å². The Labute approximate surface area is 53.2 Å². The molecule has 48 valence electrons. The number of carbonyl (C=O) groups excluding carboxylic acids is 1. The highest BCUT2D eigenvalue weighted by atomic mass is 16.2. The highest BCUT2D eigenvalue weighted by molar-refractivity contribution is 5.78. The number of hydrogen-bond donors (Lipinski definition) is 1. The number of amides is 1. The Morgan fingerprint density at radius 2 is 2.67 bits per heavy atom. The van der Waals surface area contributed by atoms with Gasteiger partial charge in [0.15, 0.2) is 0 Å². The molecule has 0 spiro atoms. The van der Waals surface area contributed by atoms with Gasteiger partial charge in [0.05, 0.1) is 6.07 Å². The van der Waals surface area contributed by atoms with Crippen LogP contribution in [0, 0.1) is 11.3 Å². The van der Waals surface area contributed by atoms with Gasteiger partial charge in [0, 0.05) is 6.21 Å². The summed E-state index contributed by atoms with van der Waals surface area (Å²) in [6.45, 7) is 1.67. The van der Waals surface area contributed by atoms with E-state index in [2.05, 4.69) is 10.5 Å². The number of carbonyl (C=O) groups is 1. The van der Waals surface area contributed by atoms with E-state index in [0.717, 1.165) is 0 Å². The summed E-state index contributed by atoms with van der Waals surface area (Å²) in [7, 11) is 0. The molecule has 0 aromatic carbocycles. The molecule has 0 unspecified atom stereocenters. The maximum atomic E-state index is 10.4. The van der Waals surface area contributed by atoms with Crippen LogP contribution in [0.1, 0.15) is 13.3 Å². The van der Waals surface area contributed by atoms with Gasteiger partial charge in [-0.05, 0) is 6.92 Å². The fourth-order valence-corrected chi connectivity index (χ4v) is 0.248. The average molecular weight is 125 g/mol. The largest absolute Gasteiger partial charge is 0.272 e. The first kappa shape index (κ1) is 7.63. The molecule has 0 aliphatic rings. The molecule has 0 saturated heterocycles. The highest BCUT2D eigenvalue weighted by Gasteiger charge is 1.93. The molecule has 0 heterocycles. The van der Waals surface area contributed by atoms with Gasteiger partial charge in [0.25, 0.3) is 5.91 Å². The fourth-order valence-electron chi connectivity index (χ4n) is 0.248. The molecular weight excluding hydrogens is 118 g/mol. The lowest BCUT2D eigenvalue weighted by Crippen LogP contribution is -2.15. The predicted octanol–water partition coefficient (Wildman–Crippen LogP) is 0.0220. The lowest BCUT2D eigenvalue weighted by molar-refractivity contribution is -0.120. The van der Waals surface area contributed by atoms with Crippen molar-refractivity contribution in [2.24, 2.45) is 5.10 Å². The topological polar surface area (TPSA) is 65.2 Å². The minimum atomic E-state index is -0.379. The Kier molecular flexibility index (Phi) is 4.05. The molecule has 0 atom stereocenters. The molecule has 0 bridgehead atoms. The Bertz CT molecular complexity index is 156. The maximum absolute atomic E-state index is 10.4. The van der Waals surface area contributed by atoms with E-state index >= 15 is 0 Å². The van der Waals surface area contributed by atoms with Gasteiger partial charge in [-0.15, -0.1) is 0 Å². The molecule has 0 aliphatic heterocycles. The summed E-state index contributed by atoms with van der Waals surface area (Å²) in [6.07, 6.45) is 1.30. The van der Waals surface area contributed by atoms with Gasteiger partial charge in [-0.2, -0.15) is 10.4 Å². The molecule has 0 aromatic heterocycles. The second-order valence-electron chi connectivity index (χ2n) is 1.26. The SMILES string of the molecule is C/C=N/NC(=O)CC#N. The number of hydrogen-bond acceptors (Lipinski definition) is 3. The van der Waals surface area contributed by atoms with Crippen molar-refractivity contribution < 1.29 is 4.79 Å². The van der Waals surface area contributed by atoms with Gasteiger partial charge in [0.2, 0.25) is 0 Å². The summed E-state index contributed by atoms with van der Waals surface area (Å²) >= 11 is 0. The van der Waals surface area contributed by atoms with Crippen LogP contribution in [0.15, 0.2) is 5.10 Å². The first-order chi connectivity index (χ1) is 4.31. The molecule has 0 fully saturated rings. The van der Waals surface area contributed by atoms with E-state index in [4.69, 9.17) is 5.26 Å². The van der Waals surface area contributed by atoms with Gasteiger partial charge in [-0.1, -0.05) is 0 Å². The van der Waals surface area contributed by atoms with Crippen LogP contribution in [0.5, 0.6) is 0 Å². The van der Waals surface area contributed by atoms with E-state index in [1.165, 1.54) is 6.21 Å². The number of rotatable bonds is 2. The van der Waals surface area contributed by atoms with Gasteiger partial charge in [0.1, 0.15) is 6.42 Å². The summed E-state index contributed by atoms with van der Waals surface area (Å²) < 4.78 is 0. The number of nitriles is 1. The van der Waals surface area contributed by atoms with Gasteiger partial charge >= 0.3 is 0 Å². The molecule has 0 rings (SSSR count). The maximum Gasteiger partial charge on any atom is 0.254 e. The van der Waals surface area contributed by atoms with Crippen LogP contribution in [0.3, 0.4) is 0 Å². The van der Waals surface area contributed by atoms with Crippen molar-refractivity contribution in [3.8, 4) is 6.07 Å². The normalized spacial score (nSPS) is 8.89. The Morgan fingerprint density at radius 1 is 2.00 bits per heavy atom. The van der Waals surface area contributed by atoms with Crippen molar-refractivity contribution >= 4 is 12.1 Å². The Morgan fingerprint density at radius 3 is 3.11 bits per heavy atom. The first-order valence-electron chi connectivity index (χ1n) is 2.44. The van der Waals surface area contributed by atoms with E-state index in [0.29, 0.717) is 0 Å². The summed E-state index contributed by atoms with van der Waals surface area (Å²) in [5.74, 6) is -0.379. The number of nitrogens with one attached hydrogen (secondary N) is 1.